The van der Waals surface area contributed by atoms with Crippen LogP contribution in [0.15, 0.2) is 6.07 Å². The fourth-order valence-electron chi connectivity index (χ4n) is 3.91. The van der Waals surface area contributed by atoms with E-state index in [-0.39, 0.29) is 23.8 Å². The number of nitrogens with one attached hydrogen (secondary N) is 1. The molecule has 1 aromatic heterocycles. The molecule has 2 saturated heterocycles. The summed E-state index contributed by atoms with van der Waals surface area (Å²) in [5.41, 5.74) is 6.91. The van der Waals surface area contributed by atoms with Crippen molar-refractivity contribution in [2.24, 2.45) is 5.92 Å². The van der Waals surface area contributed by atoms with Crippen molar-refractivity contribution in [2.75, 3.05) is 25.4 Å². The Kier molecular flexibility index (Phi) is 4.37. The molecule has 3 aliphatic rings. The third-order valence-electron chi connectivity index (χ3n) is 5.52. The van der Waals surface area contributed by atoms with Crippen molar-refractivity contribution in [3.63, 3.8) is 0 Å². The third kappa shape index (κ3) is 3.62. The fraction of sp³-hybridized carbons (Fsp3) is 0.722. The molecule has 1 aromatic rings. The Morgan fingerprint density at radius 1 is 1.36 bits per heavy atom. The Morgan fingerprint density at radius 2 is 2.16 bits per heavy atom. The number of hydrogen-bond acceptors (Lipinski definition) is 6. The van der Waals surface area contributed by atoms with Crippen molar-refractivity contribution in [3.05, 3.63) is 17.5 Å². The zero-order chi connectivity index (χ0) is 17.6. The maximum atomic E-state index is 12.6. The van der Waals surface area contributed by atoms with E-state index in [1.54, 1.807) is 6.07 Å². The average Bonchev–Trinajstić information content (AvgIpc) is 3.34. The third-order valence-corrected chi connectivity index (χ3v) is 5.52. The van der Waals surface area contributed by atoms with E-state index in [1.165, 1.54) is 12.8 Å². The molecule has 3 heterocycles. The van der Waals surface area contributed by atoms with Crippen molar-refractivity contribution in [2.45, 2.75) is 57.2 Å². The van der Waals surface area contributed by atoms with Crippen LogP contribution in [0.3, 0.4) is 0 Å². The number of carbonyl (C=O) groups excluding carboxylic acids is 1. The highest BCUT2D eigenvalue weighted by atomic mass is 16.5. The number of nitrogens with zero attached hydrogens (tertiary/aromatic N) is 3. The number of fused-ring (bicyclic) bond motifs is 1. The molecule has 3 atom stereocenters. The summed E-state index contributed by atoms with van der Waals surface area (Å²) in [7, 11) is 0. The molecule has 4 rings (SSSR count). The van der Waals surface area contributed by atoms with Gasteiger partial charge in [-0.3, -0.25) is 9.69 Å². The maximum absolute atomic E-state index is 12.6. The van der Waals surface area contributed by atoms with Crippen LogP contribution < -0.4 is 11.1 Å². The molecule has 7 heteroatoms. The number of anilines is 1. The van der Waals surface area contributed by atoms with Crippen LogP contribution in [0.2, 0.25) is 0 Å². The van der Waals surface area contributed by atoms with Gasteiger partial charge in [-0.2, -0.15) is 0 Å². The molecule has 3 N–H and O–H groups in total. The first-order valence-electron chi connectivity index (χ1n) is 9.30. The Bertz CT molecular complexity index is 661. The zero-order valence-corrected chi connectivity index (χ0v) is 14.9. The van der Waals surface area contributed by atoms with Gasteiger partial charge in [0.15, 0.2) is 0 Å². The Labute approximate surface area is 148 Å². The number of ether oxygens (including phenoxy) is 1. The predicted octanol–water partition coefficient (Wildman–Crippen LogP) is 1.16. The van der Waals surface area contributed by atoms with Crippen molar-refractivity contribution in [1.82, 2.24) is 20.2 Å². The van der Waals surface area contributed by atoms with E-state index in [0.29, 0.717) is 17.8 Å². The van der Waals surface area contributed by atoms with Gasteiger partial charge in [0, 0.05) is 30.9 Å². The summed E-state index contributed by atoms with van der Waals surface area (Å²) in [4.78, 5) is 23.4. The van der Waals surface area contributed by atoms with Crippen LogP contribution in [0.25, 0.3) is 0 Å². The van der Waals surface area contributed by atoms with Crippen molar-refractivity contribution < 1.29 is 9.53 Å². The van der Waals surface area contributed by atoms with Gasteiger partial charge in [-0.1, -0.05) is 13.8 Å². The van der Waals surface area contributed by atoms with Gasteiger partial charge in [0.1, 0.15) is 5.69 Å². The molecule has 25 heavy (non-hydrogen) atoms. The van der Waals surface area contributed by atoms with Crippen LogP contribution in [0.4, 0.5) is 5.95 Å². The smallest absolute Gasteiger partial charge is 0.270 e. The fourth-order valence-corrected chi connectivity index (χ4v) is 3.91. The number of rotatable bonds is 4. The minimum Gasteiger partial charge on any atom is -0.375 e. The zero-order valence-electron chi connectivity index (χ0n) is 14.9. The largest absolute Gasteiger partial charge is 0.375 e. The van der Waals surface area contributed by atoms with E-state index in [2.05, 4.69) is 20.2 Å². The summed E-state index contributed by atoms with van der Waals surface area (Å²) < 4.78 is 6.02. The molecule has 136 valence electrons. The summed E-state index contributed by atoms with van der Waals surface area (Å²) in [5.74, 6) is 0.947. The topological polar surface area (TPSA) is 93.4 Å². The van der Waals surface area contributed by atoms with E-state index < -0.39 is 0 Å². The number of nitrogens with two attached hydrogens (primary N) is 1. The van der Waals surface area contributed by atoms with Crippen molar-refractivity contribution in [3.8, 4) is 0 Å². The molecular weight excluding hydrogens is 318 g/mol. The predicted molar refractivity (Wildman–Crippen MR) is 94.2 cm³/mol. The lowest BCUT2D eigenvalue weighted by Gasteiger charge is -2.35. The van der Waals surface area contributed by atoms with Gasteiger partial charge in [0.2, 0.25) is 5.95 Å². The SMILES string of the molecule is CC(C)c1cc(C(=O)N[C@H]2C[C@H]3CO[C@@H](C4CC4)CN3C2)nc(N)n1. The van der Waals surface area contributed by atoms with Crippen molar-refractivity contribution >= 4 is 11.9 Å². The van der Waals surface area contributed by atoms with Gasteiger partial charge in [0.05, 0.1) is 12.7 Å². The lowest BCUT2D eigenvalue weighted by atomic mass is 10.1. The quantitative estimate of drug-likeness (QED) is 0.851. The molecule has 0 unspecified atom stereocenters. The lowest BCUT2D eigenvalue weighted by molar-refractivity contribution is -0.0581. The van der Waals surface area contributed by atoms with Crippen LogP contribution in [0.1, 0.15) is 55.2 Å². The number of hydrogen-bond donors (Lipinski definition) is 2. The van der Waals surface area contributed by atoms with Crippen molar-refractivity contribution in [1.29, 1.82) is 0 Å². The van der Waals surface area contributed by atoms with E-state index in [0.717, 1.165) is 37.7 Å². The highest BCUT2D eigenvalue weighted by Gasteiger charge is 2.42. The van der Waals surface area contributed by atoms with E-state index >= 15 is 0 Å². The summed E-state index contributed by atoms with van der Waals surface area (Å²) in [6, 6.07) is 2.30. The number of carbonyl (C=O) groups is 1. The second kappa shape index (κ2) is 6.53. The summed E-state index contributed by atoms with van der Waals surface area (Å²) >= 11 is 0. The Hall–Kier alpha value is -1.73. The molecule has 7 nitrogen and oxygen atoms in total. The normalized spacial score (nSPS) is 29.6. The first kappa shape index (κ1) is 16.7. The Balaban J connectivity index is 1.38. The van der Waals surface area contributed by atoms with Crippen LogP contribution in [-0.2, 0) is 4.74 Å². The van der Waals surface area contributed by atoms with Gasteiger partial charge in [-0.05, 0) is 37.2 Å². The Morgan fingerprint density at radius 3 is 2.88 bits per heavy atom. The minimum atomic E-state index is -0.166. The standard InChI is InChI=1S/C18H27N5O2/c1-10(2)14-6-15(22-18(19)21-14)17(24)20-12-5-13-9-25-16(11-3-4-11)8-23(13)7-12/h6,10-13,16H,3-5,7-9H2,1-2H3,(H,20,24)(H2,19,21,22)/t12-,13-,16+/m0/s1. The first-order chi connectivity index (χ1) is 12.0. The first-order valence-corrected chi connectivity index (χ1v) is 9.30. The van der Waals surface area contributed by atoms with E-state index in [4.69, 9.17) is 10.5 Å². The molecule has 1 aliphatic carbocycles. The molecule has 1 amide bonds. The van der Waals surface area contributed by atoms with Gasteiger partial charge in [-0.15, -0.1) is 0 Å². The highest BCUT2D eigenvalue weighted by molar-refractivity contribution is 5.92. The number of amides is 1. The van der Waals surface area contributed by atoms with Crippen LogP contribution in [0, 0.1) is 5.92 Å². The second-order valence-electron chi connectivity index (χ2n) is 7.91. The summed E-state index contributed by atoms with van der Waals surface area (Å²) in [6.45, 7) is 6.72. The van der Waals surface area contributed by atoms with E-state index in [9.17, 15) is 4.79 Å². The van der Waals surface area contributed by atoms with Crippen LogP contribution >= 0.6 is 0 Å². The average molecular weight is 345 g/mol. The molecule has 0 radical (unpaired) electrons. The maximum Gasteiger partial charge on any atom is 0.270 e. The highest BCUT2D eigenvalue weighted by Crippen LogP contribution is 2.37. The number of morpholine rings is 1. The second-order valence-corrected chi connectivity index (χ2v) is 7.91. The molecule has 2 aliphatic heterocycles. The molecule has 1 saturated carbocycles. The number of aromatic nitrogens is 2. The van der Waals surface area contributed by atoms with Gasteiger partial charge >= 0.3 is 0 Å². The number of nitrogen functional groups attached to an aromatic ring is 1. The minimum absolute atomic E-state index is 0.137. The van der Waals surface area contributed by atoms with Gasteiger partial charge in [0.25, 0.3) is 5.91 Å². The van der Waals surface area contributed by atoms with Gasteiger partial charge in [-0.25, -0.2) is 9.97 Å². The molecular formula is C18H27N5O2. The van der Waals surface area contributed by atoms with E-state index in [1.807, 2.05) is 13.8 Å². The lowest BCUT2D eigenvalue weighted by Crippen LogP contribution is -2.47. The molecule has 0 spiro atoms. The molecule has 3 fully saturated rings. The molecule has 0 bridgehead atoms. The summed E-state index contributed by atoms with van der Waals surface area (Å²) in [6.07, 6.45) is 3.93. The monoisotopic (exact) mass is 345 g/mol. The van der Waals surface area contributed by atoms with Crippen LogP contribution in [-0.4, -0.2) is 58.7 Å². The molecule has 0 aromatic carbocycles. The summed E-state index contributed by atoms with van der Waals surface area (Å²) in [5, 5.41) is 3.12. The van der Waals surface area contributed by atoms with Gasteiger partial charge < -0.3 is 15.8 Å². The van der Waals surface area contributed by atoms with Crippen LogP contribution in [0.5, 0.6) is 0 Å².